The zero-order chi connectivity index (χ0) is 11.4. The Hall–Kier alpha value is -1.44. The van der Waals surface area contributed by atoms with Crippen molar-refractivity contribution >= 4 is 0 Å². The van der Waals surface area contributed by atoms with Gasteiger partial charge in [0.05, 0.1) is 20.0 Å². The van der Waals surface area contributed by atoms with Crippen LogP contribution >= 0.6 is 0 Å². The highest BCUT2D eigenvalue weighted by Gasteiger charge is 2.43. The number of rotatable bonds is 5. The SMILES string of the molecule is CCOc1ccccc1C1(/C=C/OC)CC1. The average Bonchev–Trinajstić information content (AvgIpc) is 3.09. The molecule has 0 radical (unpaired) electrons. The van der Waals surface area contributed by atoms with Gasteiger partial charge in [0.1, 0.15) is 5.75 Å². The van der Waals surface area contributed by atoms with Crippen LogP contribution in [0.5, 0.6) is 5.75 Å². The van der Waals surface area contributed by atoms with Gasteiger partial charge in [0.2, 0.25) is 0 Å². The average molecular weight is 218 g/mol. The van der Waals surface area contributed by atoms with Crippen LogP contribution in [-0.4, -0.2) is 13.7 Å². The van der Waals surface area contributed by atoms with Crippen LogP contribution in [0.4, 0.5) is 0 Å². The third-order valence-corrected chi connectivity index (χ3v) is 3.04. The maximum Gasteiger partial charge on any atom is 0.123 e. The van der Waals surface area contributed by atoms with E-state index in [1.165, 1.54) is 18.4 Å². The summed E-state index contributed by atoms with van der Waals surface area (Å²) < 4.78 is 10.7. The van der Waals surface area contributed by atoms with E-state index in [0.717, 1.165) is 5.75 Å². The second-order valence-corrected chi connectivity index (χ2v) is 4.12. The minimum atomic E-state index is 0.155. The summed E-state index contributed by atoms with van der Waals surface area (Å²) >= 11 is 0. The number of para-hydroxylation sites is 1. The molecular weight excluding hydrogens is 200 g/mol. The lowest BCUT2D eigenvalue weighted by molar-refractivity contribution is 0.330. The van der Waals surface area contributed by atoms with Crippen molar-refractivity contribution in [2.24, 2.45) is 0 Å². The van der Waals surface area contributed by atoms with Gasteiger partial charge in [-0.15, -0.1) is 0 Å². The molecule has 0 amide bonds. The summed E-state index contributed by atoms with van der Waals surface area (Å²) in [7, 11) is 1.68. The second-order valence-electron chi connectivity index (χ2n) is 4.12. The minimum absolute atomic E-state index is 0.155. The molecule has 1 aromatic carbocycles. The van der Waals surface area contributed by atoms with Gasteiger partial charge in [-0.05, 0) is 31.9 Å². The van der Waals surface area contributed by atoms with E-state index >= 15 is 0 Å². The molecule has 16 heavy (non-hydrogen) atoms. The quantitative estimate of drug-likeness (QED) is 0.706. The normalized spacial score (nSPS) is 17.4. The van der Waals surface area contributed by atoms with Crippen molar-refractivity contribution in [2.75, 3.05) is 13.7 Å². The zero-order valence-electron chi connectivity index (χ0n) is 9.90. The topological polar surface area (TPSA) is 18.5 Å². The first-order valence-corrected chi connectivity index (χ1v) is 5.75. The van der Waals surface area contributed by atoms with Crippen molar-refractivity contribution < 1.29 is 9.47 Å². The Morgan fingerprint density at radius 3 is 2.69 bits per heavy atom. The molecule has 1 fully saturated rings. The highest BCUT2D eigenvalue weighted by molar-refractivity contribution is 5.46. The highest BCUT2D eigenvalue weighted by Crippen LogP contribution is 2.52. The van der Waals surface area contributed by atoms with Crippen molar-refractivity contribution in [1.29, 1.82) is 0 Å². The van der Waals surface area contributed by atoms with Gasteiger partial charge in [0.25, 0.3) is 0 Å². The molecule has 2 rings (SSSR count). The molecule has 1 saturated carbocycles. The van der Waals surface area contributed by atoms with Crippen LogP contribution < -0.4 is 4.74 Å². The number of benzene rings is 1. The summed E-state index contributed by atoms with van der Waals surface area (Å²) in [6.07, 6.45) is 6.27. The van der Waals surface area contributed by atoms with Crippen molar-refractivity contribution in [1.82, 2.24) is 0 Å². The molecule has 0 unspecified atom stereocenters. The van der Waals surface area contributed by atoms with Crippen LogP contribution in [0.2, 0.25) is 0 Å². The van der Waals surface area contributed by atoms with E-state index in [4.69, 9.17) is 9.47 Å². The summed E-state index contributed by atoms with van der Waals surface area (Å²) in [5, 5.41) is 0. The van der Waals surface area contributed by atoms with Crippen LogP contribution in [0.1, 0.15) is 25.3 Å². The fourth-order valence-corrected chi connectivity index (χ4v) is 2.02. The first kappa shape index (κ1) is 11.1. The van der Waals surface area contributed by atoms with Gasteiger partial charge in [-0.3, -0.25) is 0 Å². The molecule has 86 valence electrons. The first-order chi connectivity index (χ1) is 7.82. The van der Waals surface area contributed by atoms with Gasteiger partial charge < -0.3 is 9.47 Å². The van der Waals surface area contributed by atoms with Gasteiger partial charge >= 0.3 is 0 Å². The van der Waals surface area contributed by atoms with E-state index in [-0.39, 0.29) is 5.41 Å². The monoisotopic (exact) mass is 218 g/mol. The maximum absolute atomic E-state index is 5.67. The number of allylic oxidation sites excluding steroid dienone is 1. The Morgan fingerprint density at radius 1 is 1.31 bits per heavy atom. The molecule has 0 bridgehead atoms. The molecule has 1 aromatic rings. The summed E-state index contributed by atoms with van der Waals surface area (Å²) in [4.78, 5) is 0. The number of methoxy groups -OCH3 is 1. The van der Waals surface area contributed by atoms with E-state index in [1.54, 1.807) is 13.4 Å². The van der Waals surface area contributed by atoms with Gasteiger partial charge in [0, 0.05) is 11.0 Å². The Bertz CT molecular complexity index is 378. The predicted molar refractivity (Wildman–Crippen MR) is 64.7 cm³/mol. The number of ether oxygens (including phenoxy) is 2. The van der Waals surface area contributed by atoms with Gasteiger partial charge in [-0.25, -0.2) is 0 Å². The predicted octanol–water partition coefficient (Wildman–Crippen LogP) is 3.28. The molecule has 0 atom stereocenters. The molecule has 1 aliphatic rings. The van der Waals surface area contributed by atoms with E-state index in [1.807, 2.05) is 19.1 Å². The largest absolute Gasteiger partial charge is 0.505 e. The molecule has 1 aliphatic carbocycles. The molecule has 0 aromatic heterocycles. The molecule has 0 heterocycles. The Balaban J connectivity index is 2.29. The second kappa shape index (κ2) is 4.60. The highest BCUT2D eigenvalue weighted by atomic mass is 16.5. The zero-order valence-corrected chi connectivity index (χ0v) is 9.90. The molecule has 0 aliphatic heterocycles. The van der Waals surface area contributed by atoms with Crippen molar-refractivity contribution in [3.63, 3.8) is 0 Å². The van der Waals surface area contributed by atoms with Crippen molar-refractivity contribution in [3.05, 3.63) is 42.2 Å². The lowest BCUT2D eigenvalue weighted by Gasteiger charge is -2.15. The number of hydrogen-bond acceptors (Lipinski definition) is 2. The van der Waals surface area contributed by atoms with Crippen LogP contribution in [0, 0.1) is 0 Å². The molecule has 2 heteroatoms. The van der Waals surface area contributed by atoms with Crippen LogP contribution in [0.3, 0.4) is 0 Å². The number of hydrogen-bond donors (Lipinski definition) is 0. The van der Waals surface area contributed by atoms with E-state index in [0.29, 0.717) is 6.61 Å². The summed E-state index contributed by atoms with van der Waals surface area (Å²) in [6.45, 7) is 2.72. The Kier molecular flexibility index (Phi) is 3.18. The standard InChI is InChI=1S/C14H18O2/c1-3-16-13-7-5-4-6-12(13)14(8-9-14)10-11-15-2/h4-7,10-11H,3,8-9H2,1-2H3/b11-10+. The smallest absolute Gasteiger partial charge is 0.123 e. The maximum atomic E-state index is 5.67. The van der Waals surface area contributed by atoms with Crippen molar-refractivity contribution in [2.45, 2.75) is 25.2 Å². The Labute approximate surface area is 96.9 Å². The van der Waals surface area contributed by atoms with Gasteiger partial charge in [-0.1, -0.05) is 18.2 Å². The van der Waals surface area contributed by atoms with Crippen LogP contribution in [-0.2, 0) is 10.2 Å². The summed E-state index contributed by atoms with van der Waals surface area (Å²) in [5.41, 5.74) is 1.44. The molecular formula is C14H18O2. The van der Waals surface area contributed by atoms with Crippen LogP contribution in [0.25, 0.3) is 0 Å². The molecule has 0 spiro atoms. The molecule has 2 nitrogen and oxygen atoms in total. The third-order valence-electron chi connectivity index (χ3n) is 3.04. The first-order valence-electron chi connectivity index (χ1n) is 5.75. The minimum Gasteiger partial charge on any atom is -0.505 e. The van der Waals surface area contributed by atoms with E-state index in [9.17, 15) is 0 Å². The molecule has 0 N–H and O–H groups in total. The Morgan fingerprint density at radius 2 is 2.06 bits per heavy atom. The fourth-order valence-electron chi connectivity index (χ4n) is 2.02. The fraction of sp³-hybridized carbons (Fsp3) is 0.429. The van der Waals surface area contributed by atoms with E-state index in [2.05, 4.69) is 18.2 Å². The van der Waals surface area contributed by atoms with E-state index < -0.39 is 0 Å². The summed E-state index contributed by atoms with van der Waals surface area (Å²) in [5.74, 6) is 1.00. The summed E-state index contributed by atoms with van der Waals surface area (Å²) in [6, 6.07) is 8.28. The van der Waals surface area contributed by atoms with Gasteiger partial charge in [0.15, 0.2) is 0 Å². The van der Waals surface area contributed by atoms with Crippen molar-refractivity contribution in [3.8, 4) is 5.75 Å². The lowest BCUT2D eigenvalue weighted by atomic mass is 9.95. The van der Waals surface area contributed by atoms with Gasteiger partial charge in [-0.2, -0.15) is 0 Å². The van der Waals surface area contributed by atoms with Crippen LogP contribution in [0.15, 0.2) is 36.6 Å². The molecule has 0 saturated heterocycles. The third kappa shape index (κ3) is 2.06. The lowest BCUT2D eigenvalue weighted by Crippen LogP contribution is -2.06.